The summed E-state index contributed by atoms with van der Waals surface area (Å²) in [6, 6.07) is 21.8. The van der Waals surface area contributed by atoms with Crippen LogP contribution in [0.15, 0.2) is 71.9 Å². The van der Waals surface area contributed by atoms with E-state index in [0.717, 1.165) is 22.6 Å². The third kappa shape index (κ3) is 6.14. The minimum Gasteiger partial charge on any atom is -0.497 e. The van der Waals surface area contributed by atoms with Crippen molar-refractivity contribution >= 4 is 23.4 Å². The second-order valence-electron chi connectivity index (χ2n) is 9.71. The predicted octanol–water partition coefficient (Wildman–Crippen LogP) is 6.29. The van der Waals surface area contributed by atoms with Gasteiger partial charge in [0.25, 0.3) is 0 Å². The van der Waals surface area contributed by atoms with Gasteiger partial charge in [0.05, 0.1) is 25.7 Å². The van der Waals surface area contributed by atoms with Crippen molar-refractivity contribution in [1.82, 2.24) is 14.8 Å². The van der Waals surface area contributed by atoms with Crippen LogP contribution < -0.4 is 14.8 Å². The number of aryl methyl sites for hydroxylation is 1. The number of carbonyl (C=O) groups is 1. The van der Waals surface area contributed by atoms with Gasteiger partial charge in [-0.25, -0.2) is 0 Å². The Morgan fingerprint density at radius 3 is 2.27 bits per heavy atom. The van der Waals surface area contributed by atoms with E-state index in [-0.39, 0.29) is 17.1 Å². The summed E-state index contributed by atoms with van der Waals surface area (Å²) in [5.41, 5.74) is 4.79. The number of aromatic nitrogens is 3. The molecular weight excluding hydrogens is 484 g/mol. The summed E-state index contributed by atoms with van der Waals surface area (Å²) >= 11 is 1.32. The average Bonchev–Trinajstić information content (AvgIpc) is 3.31. The molecule has 0 unspecified atom stereocenters. The van der Waals surface area contributed by atoms with Gasteiger partial charge in [-0.1, -0.05) is 62.9 Å². The first-order valence-electron chi connectivity index (χ1n) is 12.0. The number of anilines is 1. The molecule has 0 saturated carbocycles. The summed E-state index contributed by atoms with van der Waals surface area (Å²) in [6.07, 6.45) is 0. The summed E-state index contributed by atoms with van der Waals surface area (Å²) in [5, 5.41) is 12.5. The van der Waals surface area contributed by atoms with Crippen molar-refractivity contribution in [3.63, 3.8) is 0 Å². The highest BCUT2D eigenvalue weighted by atomic mass is 32.2. The van der Waals surface area contributed by atoms with E-state index in [0.29, 0.717) is 22.4 Å². The molecule has 192 valence electrons. The molecule has 0 aliphatic carbocycles. The number of rotatable bonds is 8. The Labute approximate surface area is 222 Å². The molecule has 7 nitrogen and oxygen atoms in total. The normalized spacial score (nSPS) is 11.3. The van der Waals surface area contributed by atoms with Gasteiger partial charge in [0.15, 0.2) is 11.0 Å². The summed E-state index contributed by atoms with van der Waals surface area (Å²) in [7, 11) is 3.22. The van der Waals surface area contributed by atoms with Crippen molar-refractivity contribution in [3.05, 3.63) is 77.9 Å². The van der Waals surface area contributed by atoms with Gasteiger partial charge in [-0.2, -0.15) is 0 Å². The number of thioether (sulfide) groups is 1. The minimum atomic E-state index is -0.158. The molecular formula is C29H32N4O3S. The number of ether oxygens (including phenoxy) is 2. The minimum absolute atomic E-state index is 0.0521. The van der Waals surface area contributed by atoms with Crippen LogP contribution >= 0.6 is 11.8 Å². The smallest absolute Gasteiger partial charge is 0.234 e. The van der Waals surface area contributed by atoms with Crippen molar-refractivity contribution in [2.75, 3.05) is 25.3 Å². The van der Waals surface area contributed by atoms with Crippen molar-refractivity contribution in [2.24, 2.45) is 0 Å². The van der Waals surface area contributed by atoms with Crippen molar-refractivity contribution in [3.8, 4) is 28.6 Å². The molecule has 1 amide bonds. The van der Waals surface area contributed by atoms with Gasteiger partial charge in [-0.15, -0.1) is 10.2 Å². The SMILES string of the molecule is COc1ccc(-n2c(SCC(=O)Nc3cc(C)ccc3OC)nnc2-c2ccc(C(C)(C)C)cc2)cc1. The van der Waals surface area contributed by atoms with Crippen molar-refractivity contribution in [2.45, 2.75) is 38.3 Å². The number of nitrogens with one attached hydrogen (secondary N) is 1. The fourth-order valence-electron chi connectivity index (χ4n) is 3.87. The monoisotopic (exact) mass is 516 g/mol. The molecule has 0 spiro atoms. The van der Waals surface area contributed by atoms with Crippen molar-refractivity contribution in [1.29, 1.82) is 0 Å². The van der Waals surface area contributed by atoms with Crippen LogP contribution in [0.4, 0.5) is 5.69 Å². The molecule has 4 aromatic rings. The van der Waals surface area contributed by atoms with Crippen molar-refractivity contribution < 1.29 is 14.3 Å². The molecule has 0 aliphatic heterocycles. The van der Waals surface area contributed by atoms with Crippen LogP contribution in [0.2, 0.25) is 0 Å². The van der Waals surface area contributed by atoms with Gasteiger partial charge in [0.1, 0.15) is 11.5 Å². The Bertz CT molecular complexity index is 1370. The van der Waals surface area contributed by atoms with Crippen LogP contribution in [0.5, 0.6) is 11.5 Å². The van der Waals surface area contributed by atoms with E-state index >= 15 is 0 Å². The van der Waals surface area contributed by atoms with Crippen LogP contribution in [0, 0.1) is 6.92 Å². The van der Waals surface area contributed by atoms with Gasteiger partial charge in [0, 0.05) is 11.3 Å². The lowest BCUT2D eigenvalue weighted by atomic mass is 9.87. The first-order chi connectivity index (χ1) is 17.7. The molecule has 4 rings (SSSR count). The number of amides is 1. The lowest BCUT2D eigenvalue weighted by Gasteiger charge is -2.19. The molecule has 0 aliphatic rings. The topological polar surface area (TPSA) is 78.3 Å². The van der Waals surface area contributed by atoms with E-state index in [9.17, 15) is 4.79 Å². The van der Waals surface area contributed by atoms with E-state index in [2.05, 4.69) is 60.6 Å². The van der Waals surface area contributed by atoms with Gasteiger partial charge in [-0.05, 0) is 59.9 Å². The third-order valence-electron chi connectivity index (χ3n) is 5.93. The van der Waals surface area contributed by atoms with Gasteiger partial charge < -0.3 is 14.8 Å². The molecule has 3 aromatic carbocycles. The first-order valence-corrected chi connectivity index (χ1v) is 13.0. The molecule has 0 atom stereocenters. The summed E-state index contributed by atoms with van der Waals surface area (Å²) in [5.74, 6) is 2.08. The molecule has 37 heavy (non-hydrogen) atoms. The summed E-state index contributed by atoms with van der Waals surface area (Å²) in [4.78, 5) is 12.8. The second-order valence-corrected chi connectivity index (χ2v) is 10.7. The quantitative estimate of drug-likeness (QED) is 0.277. The fraction of sp³-hybridized carbons (Fsp3) is 0.276. The summed E-state index contributed by atoms with van der Waals surface area (Å²) in [6.45, 7) is 8.53. The highest BCUT2D eigenvalue weighted by molar-refractivity contribution is 7.99. The van der Waals surface area contributed by atoms with Crippen LogP contribution in [-0.4, -0.2) is 40.6 Å². The van der Waals surface area contributed by atoms with Crippen LogP contribution in [0.3, 0.4) is 0 Å². The average molecular weight is 517 g/mol. The van der Waals surface area contributed by atoms with E-state index in [4.69, 9.17) is 9.47 Å². The Hall–Kier alpha value is -3.78. The lowest BCUT2D eigenvalue weighted by Crippen LogP contribution is -2.15. The van der Waals surface area contributed by atoms with E-state index in [1.165, 1.54) is 17.3 Å². The van der Waals surface area contributed by atoms with E-state index < -0.39 is 0 Å². The standard InChI is InChI=1S/C29H32N4O3S/c1-19-7-16-25(36-6)24(17-19)30-26(34)18-37-28-32-31-27(20-8-10-21(11-9-20)29(2,3)4)33(28)22-12-14-23(35-5)15-13-22/h7-17H,18H2,1-6H3,(H,30,34). The molecule has 8 heteroatoms. The third-order valence-corrected chi connectivity index (χ3v) is 6.86. The number of hydrogen-bond donors (Lipinski definition) is 1. The lowest BCUT2D eigenvalue weighted by molar-refractivity contribution is -0.113. The van der Waals surface area contributed by atoms with Gasteiger partial charge in [-0.3, -0.25) is 9.36 Å². The maximum absolute atomic E-state index is 12.8. The van der Waals surface area contributed by atoms with Gasteiger partial charge >= 0.3 is 0 Å². The van der Waals surface area contributed by atoms with Crippen LogP contribution in [0.1, 0.15) is 31.9 Å². The zero-order valence-electron chi connectivity index (χ0n) is 22.0. The number of methoxy groups -OCH3 is 2. The highest BCUT2D eigenvalue weighted by Gasteiger charge is 2.19. The van der Waals surface area contributed by atoms with Crippen LogP contribution in [-0.2, 0) is 10.2 Å². The highest BCUT2D eigenvalue weighted by Crippen LogP contribution is 2.31. The molecule has 0 fully saturated rings. The number of benzene rings is 3. The first kappa shape index (κ1) is 26.3. The maximum atomic E-state index is 12.8. The Morgan fingerprint density at radius 1 is 0.946 bits per heavy atom. The Kier molecular flexibility index (Phi) is 7.88. The van der Waals surface area contributed by atoms with E-state index in [1.54, 1.807) is 14.2 Å². The fourth-order valence-corrected chi connectivity index (χ4v) is 4.62. The number of carbonyl (C=O) groups excluding carboxylic acids is 1. The molecule has 1 aromatic heterocycles. The van der Waals surface area contributed by atoms with E-state index in [1.807, 2.05) is 54.0 Å². The molecule has 1 heterocycles. The summed E-state index contributed by atoms with van der Waals surface area (Å²) < 4.78 is 12.7. The Morgan fingerprint density at radius 2 is 1.65 bits per heavy atom. The van der Waals surface area contributed by atoms with Crippen LogP contribution in [0.25, 0.3) is 17.1 Å². The Balaban J connectivity index is 1.62. The van der Waals surface area contributed by atoms with Gasteiger partial charge in [0.2, 0.25) is 5.91 Å². The zero-order valence-corrected chi connectivity index (χ0v) is 22.8. The number of hydrogen-bond acceptors (Lipinski definition) is 6. The zero-order chi connectivity index (χ0) is 26.6. The molecule has 0 saturated heterocycles. The number of nitrogens with zero attached hydrogens (tertiary/aromatic N) is 3. The molecule has 0 radical (unpaired) electrons. The maximum Gasteiger partial charge on any atom is 0.234 e. The second kappa shape index (κ2) is 11.1. The molecule has 1 N–H and O–H groups in total. The molecule has 0 bridgehead atoms. The predicted molar refractivity (Wildman–Crippen MR) is 149 cm³/mol. The largest absolute Gasteiger partial charge is 0.497 e.